The van der Waals surface area contributed by atoms with E-state index >= 15 is 0 Å². The lowest BCUT2D eigenvalue weighted by atomic mass is 10.2. The zero-order valence-corrected chi connectivity index (χ0v) is 8.03. The minimum absolute atomic E-state index is 0.354. The van der Waals surface area contributed by atoms with E-state index in [2.05, 4.69) is 12.2 Å². The highest BCUT2D eigenvalue weighted by Crippen LogP contribution is 2.33. The van der Waals surface area contributed by atoms with E-state index in [1.54, 1.807) is 6.07 Å². The summed E-state index contributed by atoms with van der Waals surface area (Å²) in [5.41, 5.74) is 0. The van der Waals surface area contributed by atoms with Crippen molar-refractivity contribution in [2.24, 2.45) is 0 Å². The summed E-state index contributed by atoms with van der Waals surface area (Å²) >= 11 is 4.45. The highest BCUT2D eigenvalue weighted by atomic mass is 32.2. The molecule has 0 heterocycles. The Labute approximate surface area is 77.9 Å². The van der Waals surface area contributed by atoms with Crippen LogP contribution in [-0.4, -0.2) is 15.1 Å². The van der Waals surface area contributed by atoms with Gasteiger partial charge in [-0.15, -0.1) is 0 Å². The SMILES string of the molecule is CC(C)(C#N)SC(=S)C(F)(F)F. The molecule has 0 aliphatic heterocycles. The fourth-order valence-electron chi connectivity index (χ4n) is 0.312. The molecule has 0 aromatic rings. The van der Waals surface area contributed by atoms with E-state index in [1.807, 2.05) is 0 Å². The molecule has 0 fully saturated rings. The molecule has 0 unspecified atom stereocenters. The molecule has 0 N–H and O–H groups in total. The normalized spacial score (nSPS) is 12.3. The Morgan fingerprint density at radius 1 is 1.42 bits per heavy atom. The maximum absolute atomic E-state index is 11.8. The third-order valence-electron chi connectivity index (χ3n) is 0.849. The average molecular weight is 213 g/mol. The summed E-state index contributed by atoms with van der Waals surface area (Å²) < 4.78 is 33.3. The van der Waals surface area contributed by atoms with Crippen molar-refractivity contribution in [3.63, 3.8) is 0 Å². The first-order valence-corrected chi connectivity index (χ1v) is 4.13. The second-order valence-electron chi connectivity index (χ2n) is 2.51. The van der Waals surface area contributed by atoms with Gasteiger partial charge in [0.05, 0.1) is 6.07 Å². The third kappa shape index (κ3) is 3.93. The Morgan fingerprint density at radius 2 is 1.83 bits per heavy atom. The molecule has 0 amide bonds. The Morgan fingerprint density at radius 3 is 2.08 bits per heavy atom. The standard InChI is InChI=1S/C6H6F3NS2/c1-5(2,3-10)12-4(11)6(7,8)9/h1-2H3. The molecule has 0 aliphatic carbocycles. The Bertz CT molecular complexity index is 226. The van der Waals surface area contributed by atoms with Crippen LogP contribution in [0.4, 0.5) is 13.2 Å². The van der Waals surface area contributed by atoms with Crippen molar-refractivity contribution in [2.45, 2.75) is 24.8 Å². The number of rotatable bonds is 1. The zero-order valence-electron chi connectivity index (χ0n) is 6.40. The lowest BCUT2D eigenvalue weighted by molar-refractivity contribution is -0.0532. The fourth-order valence-corrected chi connectivity index (χ4v) is 1.56. The van der Waals surface area contributed by atoms with Crippen molar-refractivity contribution in [3.8, 4) is 6.07 Å². The number of alkyl halides is 3. The van der Waals surface area contributed by atoms with Gasteiger partial charge in [-0.1, -0.05) is 24.0 Å². The second kappa shape index (κ2) is 3.62. The molecule has 0 aromatic heterocycles. The van der Waals surface area contributed by atoms with Crippen molar-refractivity contribution < 1.29 is 13.2 Å². The maximum atomic E-state index is 11.8. The summed E-state index contributed by atoms with van der Waals surface area (Å²) in [5, 5.41) is 8.41. The molecule has 6 heteroatoms. The summed E-state index contributed by atoms with van der Waals surface area (Å²) in [7, 11) is 0. The lowest BCUT2D eigenvalue weighted by Crippen LogP contribution is -2.23. The molecule has 0 atom stereocenters. The van der Waals surface area contributed by atoms with E-state index in [1.165, 1.54) is 13.8 Å². The van der Waals surface area contributed by atoms with Gasteiger partial charge in [-0.25, -0.2) is 0 Å². The molecule has 0 saturated heterocycles. The minimum atomic E-state index is -4.49. The first kappa shape index (κ1) is 11.7. The van der Waals surface area contributed by atoms with Gasteiger partial charge < -0.3 is 0 Å². The fraction of sp³-hybridized carbons (Fsp3) is 0.667. The van der Waals surface area contributed by atoms with Crippen LogP contribution in [0.1, 0.15) is 13.8 Å². The average Bonchev–Trinajstić information content (AvgIpc) is 1.85. The molecule has 1 nitrogen and oxygen atoms in total. The van der Waals surface area contributed by atoms with E-state index in [4.69, 9.17) is 5.26 Å². The van der Waals surface area contributed by atoms with Crippen molar-refractivity contribution >= 4 is 28.2 Å². The molecule has 0 rings (SSSR count). The van der Waals surface area contributed by atoms with E-state index in [0.717, 1.165) is 0 Å². The van der Waals surface area contributed by atoms with Crippen molar-refractivity contribution in [1.82, 2.24) is 0 Å². The van der Waals surface area contributed by atoms with Crippen molar-refractivity contribution in [2.75, 3.05) is 0 Å². The predicted octanol–water partition coefficient (Wildman–Crippen LogP) is 2.91. The Kier molecular flexibility index (Phi) is 3.54. The topological polar surface area (TPSA) is 23.8 Å². The smallest absolute Gasteiger partial charge is 0.197 e. The van der Waals surface area contributed by atoms with Crippen LogP contribution in [0.5, 0.6) is 0 Å². The van der Waals surface area contributed by atoms with Gasteiger partial charge >= 0.3 is 6.18 Å². The number of halogens is 3. The number of thiocarbonyl (C=S) groups is 1. The first-order valence-electron chi connectivity index (χ1n) is 2.90. The van der Waals surface area contributed by atoms with Gasteiger partial charge in [0.25, 0.3) is 0 Å². The zero-order chi connectivity index (χ0) is 9.99. The highest BCUT2D eigenvalue weighted by Gasteiger charge is 2.38. The molecule has 0 aromatic carbocycles. The van der Waals surface area contributed by atoms with Crippen molar-refractivity contribution in [3.05, 3.63) is 0 Å². The minimum Gasteiger partial charge on any atom is -0.197 e. The quantitative estimate of drug-likeness (QED) is 0.626. The summed E-state index contributed by atoms with van der Waals surface area (Å²) in [5.74, 6) is 0. The Hall–Kier alpha value is -0.280. The van der Waals surface area contributed by atoms with Crippen LogP contribution in [0, 0.1) is 11.3 Å². The number of thioether (sulfide) groups is 1. The Balaban J connectivity index is 4.33. The lowest BCUT2D eigenvalue weighted by Gasteiger charge is -2.16. The van der Waals surface area contributed by atoms with Crippen LogP contribution in [0.25, 0.3) is 0 Å². The van der Waals surface area contributed by atoms with Gasteiger partial charge in [-0.3, -0.25) is 0 Å². The van der Waals surface area contributed by atoms with Gasteiger partial charge in [0.2, 0.25) is 0 Å². The van der Waals surface area contributed by atoms with Gasteiger partial charge in [-0.05, 0) is 13.8 Å². The maximum Gasteiger partial charge on any atom is 0.432 e. The van der Waals surface area contributed by atoms with E-state index in [-0.39, 0.29) is 0 Å². The monoisotopic (exact) mass is 213 g/mol. The molecule has 0 spiro atoms. The number of nitrogens with zero attached hydrogens (tertiary/aromatic N) is 1. The molecule has 0 saturated carbocycles. The summed E-state index contributed by atoms with van der Waals surface area (Å²) in [6, 6.07) is 1.72. The van der Waals surface area contributed by atoms with Gasteiger partial charge in [-0.2, -0.15) is 18.4 Å². The second-order valence-corrected chi connectivity index (χ2v) is 4.81. The highest BCUT2D eigenvalue weighted by molar-refractivity contribution is 8.24. The van der Waals surface area contributed by atoms with Crippen LogP contribution in [0.2, 0.25) is 0 Å². The molecule has 0 bridgehead atoms. The molecular formula is C6H6F3NS2. The molecule has 12 heavy (non-hydrogen) atoms. The molecular weight excluding hydrogens is 207 g/mol. The third-order valence-corrected chi connectivity index (χ3v) is 2.35. The van der Waals surface area contributed by atoms with E-state index in [9.17, 15) is 13.2 Å². The van der Waals surface area contributed by atoms with Crippen LogP contribution >= 0.6 is 24.0 Å². The first-order chi connectivity index (χ1) is 5.19. The van der Waals surface area contributed by atoms with Crippen LogP contribution < -0.4 is 0 Å². The molecule has 0 aliphatic rings. The van der Waals surface area contributed by atoms with E-state index in [0.29, 0.717) is 11.8 Å². The largest absolute Gasteiger partial charge is 0.432 e. The number of hydrogen-bond donors (Lipinski definition) is 0. The molecule has 68 valence electrons. The van der Waals surface area contributed by atoms with Gasteiger partial charge in [0, 0.05) is 0 Å². The van der Waals surface area contributed by atoms with Crippen LogP contribution in [0.3, 0.4) is 0 Å². The molecule has 0 radical (unpaired) electrons. The summed E-state index contributed by atoms with van der Waals surface area (Å²) in [6.45, 7) is 2.77. The van der Waals surface area contributed by atoms with Gasteiger partial charge in [0.1, 0.15) is 4.75 Å². The van der Waals surface area contributed by atoms with Crippen LogP contribution in [-0.2, 0) is 0 Å². The predicted molar refractivity (Wildman–Crippen MR) is 45.9 cm³/mol. The van der Waals surface area contributed by atoms with Gasteiger partial charge in [0.15, 0.2) is 4.20 Å². The van der Waals surface area contributed by atoms with E-state index < -0.39 is 15.1 Å². The number of nitriles is 1. The van der Waals surface area contributed by atoms with Crippen molar-refractivity contribution in [1.29, 1.82) is 5.26 Å². The van der Waals surface area contributed by atoms with Crippen LogP contribution in [0.15, 0.2) is 0 Å². The number of hydrogen-bond acceptors (Lipinski definition) is 3. The summed E-state index contributed by atoms with van der Waals surface area (Å²) in [6.07, 6.45) is -4.49. The summed E-state index contributed by atoms with van der Waals surface area (Å²) in [4.78, 5) is 0.